The summed E-state index contributed by atoms with van der Waals surface area (Å²) in [5.74, 6) is 0.156. The van der Waals surface area contributed by atoms with Crippen LogP contribution in [0.4, 0.5) is 11.5 Å². The van der Waals surface area contributed by atoms with Crippen molar-refractivity contribution in [2.75, 3.05) is 29.6 Å². The summed E-state index contributed by atoms with van der Waals surface area (Å²) in [5.41, 5.74) is 4.91. The van der Waals surface area contributed by atoms with Gasteiger partial charge in [-0.25, -0.2) is 13.4 Å². The van der Waals surface area contributed by atoms with Crippen LogP contribution in [-0.4, -0.2) is 36.9 Å². The molecule has 0 saturated heterocycles. The molecule has 1 aromatic rings. The van der Waals surface area contributed by atoms with Crippen LogP contribution in [0.5, 0.6) is 0 Å². The van der Waals surface area contributed by atoms with E-state index in [0.29, 0.717) is 0 Å². The number of hydrogen-bond donors (Lipinski definition) is 3. The van der Waals surface area contributed by atoms with Crippen molar-refractivity contribution in [3.8, 4) is 0 Å². The third kappa shape index (κ3) is 3.58. The number of nitrogens with zero attached hydrogens (tertiary/aromatic N) is 1. The highest BCUT2D eigenvalue weighted by molar-refractivity contribution is 7.90. The lowest BCUT2D eigenvalue weighted by Crippen LogP contribution is -2.19. The molecule has 0 aliphatic carbocycles. The van der Waals surface area contributed by atoms with E-state index in [9.17, 15) is 13.2 Å². The van der Waals surface area contributed by atoms with Crippen molar-refractivity contribution in [3.63, 3.8) is 0 Å². The molecular formula is C7H12N4O3S. The zero-order chi connectivity index (χ0) is 11.5. The molecule has 0 atom stereocenters. The van der Waals surface area contributed by atoms with E-state index in [1.54, 1.807) is 0 Å². The van der Waals surface area contributed by atoms with Gasteiger partial charge in [0.05, 0.1) is 12.1 Å². The molecule has 0 aliphatic rings. The highest BCUT2D eigenvalue weighted by Crippen LogP contribution is 2.06. The molecule has 0 aromatic carbocycles. The summed E-state index contributed by atoms with van der Waals surface area (Å²) in [4.78, 5) is 17.1. The fourth-order valence-corrected chi connectivity index (χ4v) is 1.38. The minimum atomic E-state index is -3.03. The topological polar surface area (TPSA) is 118 Å². The molecule has 0 spiro atoms. The van der Waals surface area contributed by atoms with Crippen LogP contribution in [0.3, 0.4) is 0 Å². The zero-order valence-corrected chi connectivity index (χ0v) is 8.97. The molecule has 0 fully saturated rings. The lowest BCUT2D eigenvalue weighted by atomic mass is 10.5. The van der Waals surface area contributed by atoms with E-state index in [-0.39, 0.29) is 23.8 Å². The van der Waals surface area contributed by atoms with Gasteiger partial charge in [-0.05, 0) is 0 Å². The van der Waals surface area contributed by atoms with Gasteiger partial charge in [-0.1, -0.05) is 0 Å². The standard InChI is InChI=1S/C7H12N4O3S/c1-15(13,14)3-2-9-6-5(8)7(12)11-4-10-6/h4H,2-3,8H2,1H3,(H2,9,10,11,12). The van der Waals surface area contributed by atoms with Crippen molar-refractivity contribution in [2.45, 2.75) is 0 Å². The second-order valence-corrected chi connectivity index (χ2v) is 5.31. The highest BCUT2D eigenvalue weighted by atomic mass is 32.2. The summed E-state index contributed by atoms with van der Waals surface area (Å²) >= 11 is 0. The Balaban J connectivity index is 2.67. The van der Waals surface area contributed by atoms with Crippen molar-refractivity contribution < 1.29 is 8.42 Å². The lowest BCUT2D eigenvalue weighted by molar-refractivity contribution is 0.602. The SMILES string of the molecule is CS(=O)(=O)CCNc1nc[nH]c(=O)c1N. The largest absolute Gasteiger partial charge is 0.391 e. The monoisotopic (exact) mass is 232 g/mol. The molecule has 1 aromatic heterocycles. The molecule has 7 nitrogen and oxygen atoms in total. The molecule has 0 radical (unpaired) electrons. The fourth-order valence-electron chi connectivity index (χ4n) is 0.906. The van der Waals surface area contributed by atoms with Crippen LogP contribution in [0.25, 0.3) is 0 Å². The maximum Gasteiger partial charge on any atom is 0.276 e. The van der Waals surface area contributed by atoms with E-state index >= 15 is 0 Å². The van der Waals surface area contributed by atoms with Gasteiger partial charge in [0, 0.05) is 12.8 Å². The van der Waals surface area contributed by atoms with E-state index in [1.165, 1.54) is 6.33 Å². The van der Waals surface area contributed by atoms with E-state index < -0.39 is 15.4 Å². The number of nitrogen functional groups attached to an aromatic ring is 1. The second kappa shape index (κ2) is 4.30. The van der Waals surface area contributed by atoms with E-state index in [0.717, 1.165) is 6.26 Å². The summed E-state index contributed by atoms with van der Waals surface area (Å²) in [6, 6.07) is 0. The van der Waals surface area contributed by atoms with E-state index in [4.69, 9.17) is 5.73 Å². The van der Waals surface area contributed by atoms with Gasteiger partial charge >= 0.3 is 0 Å². The molecule has 15 heavy (non-hydrogen) atoms. The third-order valence-corrected chi connectivity index (χ3v) is 2.60. The summed E-state index contributed by atoms with van der Waals surface area (Å²) in [6.07, 6.45) is 2.32. The first kappa shape index (κ1) is 11.5. The van der Waals surface area contributed by atoms with Gasteiger partial charge in [0.15, 0.2) is 5.82 Å². The molecule has 0 amide bonds. The molecule has 0 aliphatic heterocycles. The van der Waals surface area contributed by atoms with Crippen LogP contribution < -0.4 is 16.6 Å². The number of nitrogens with one attached hydrogen (secondary N) is 2. The maximum atomic E-state index is 11.0. The van der Waals surface area contributed by atoms with Gasteiger partial charge < -0.3 is 16.0 Å². The Morgan fingerprint density at radius 3 is 2.87 bits per heavy atom. The first-order valence-electron chi connectivity index (χ1n) is 4.15. The molecule has 84 valence electrons. The van der Waals surface area contributed by atoms with E-state index in [1.807, 2.05) is 0 Å². The average Bonchev–Trinajstić information content (AvgIpc) is 2.10. The van der Waals surface area contributed by atoms with Gasteiger partial charge in [-0.3, -0.25) is 4.79 Å². The molecule has 8 heteroatoms. The molecule has 4 N–H and O–H groups in total. The first-order valence-corrected chi connectivity index (χ1v) is 6.21. The van der Waals surface area contributed by atoms with Gasteiger partial charge in [0.25, 0.3) is 5.56 Å². The number of H-pyrrole nitrogens is 1. The Hall–Kier alpha value is -1.57. The van der Waals surface area contributed by atoms with Crippen molar-refractivity contribution in [1.82, 2.24) is 9.97 Å². The molecule has 0 bridgehead atoms. The number of hydrogen-bond acceptors (Lipinski definition) is 6. The Morgan fingerprint density at radius 2 is 2.27 bits per heavy atom. The predicted molar refractivity (Wildman–Crippen MR) is 57.5 cm³/mol. The van der Waals surface area contributed by atoms with Gasteiger partial charge in [0.2, 0.25) is 0 Å². The van der Waals surface area contributed by atoms with Crippen LogP contribution in [-0.2, 0) is 9.84 Å². The first-order chi connectivity index (χ1) is 6.90. The quantitative estimate of drug-likeness (QED) is 0.600. The zero-order valence-electron chi connectivity index (χ0n) is 8.15. The van der Waals surface area contributed by atoms with Crippen LogP contribution in [0.2, 0.25) is 0 Å². The van der Waals surface area contributed by atoms with Crippen molar-refractivity contribution >= 4 is 21.3 Å². The fraction of sp³-hybridized carbons (Fsp3) is 0.429. The number of aromatic nitrogens is 2. The van der Waals surface area contributed by atoms with Crippen molar-refractivity contribution in [3.05, 3.63) is 16.7 Å². The molecule has 1 heterocycles. The third-order valence-electron chi connectivity index (χ3n) is 1.65. The minimum absolute atomic E-state index is 0.0408. The normalized spacial score (nSPS) is 11.3. The highest BCUT2D eigenvalue weighted by Gasteiger charge is 2.05. The van der Waals surface area contributed by atoms with E-state index in [2.05, 4.69) is 15.3 Å². The number of aromatic amines is 1. The molecule has 0 unspecified atom stereocenters. The average molecular weight is 232 g/mol. The Kier molecular flexibility index (Phi) is 3.30. The molecule has 1 rings (SSSR count). The second-order valence-electron chi connectivity index (χ2n) is 3.05. The van der Waals surface area contributed by atoms with Gasteiger partial charge in [-0.15, -0.1) is 0 Å². The van der Waals surface area contributed by atoms with Gasteiger partial charge in [0.1, 0.15) is 15.5 Å². The van der Waals surface area contributed by atoms with Crippen LogP contribution in [0, 0.1) is 0 Å². The van der Waals surface area contributed by atoms with Crippen molar-refractivity contribution in [2.24, 2.45) is 0 Å². The Morgan fingerprint density at radius 1 is 1.60 bits per heavy atom. The van der Waals surface area contributed by atoms with Crippen LogP contribution >= 0.6 is 0 Å². The number of sulfone groups is 1. The van der Waals surface area contributed by atoms with Gasteiger partial charge in [-0.2, -0.15) is 0 Å². The Labute approximate surface area is 86.6 Å². The molecular weight excluding hydrogens is 220 g/mol. The lowest BCUT2D eigenvalue weighted by Gasteiger charge is -2.05. The maximum absolute atomic E-state index is 11.0. The minimum Gasteiger partial charge on any atom is -0.391 e. The predicted octanol–water partition coefficient (Wildman–Crippen LogP) is -1.19. The summed E-state index contributed by atoms with van der Waals surface area (Å²) in [5, 5.41) is 2.68. The van der Waals surface area contributed by atoms with Crippen LogP contribution in [0.1, 0.15) is 0 Å². The van der Waals surface area contributed by atoms with Crippen molar-refractivity contribution in [1.29, 1.82) is 0 Å². The molecule has 0 saturated carbocycles. The summed E-state index contributed by atoms with van der Waals surface area (Å²) in [7, 11) is -3.03. The Bertz CT molecular complexity index is 493. The summed E-state index contributed by atoms with van der Waals surface area (Å²) < 4.78 is 21.6. The number of rotatable bonds is 4. The smallest absolute Gasteiger partial charge is 0.276 e. The van der Waals surface area contributed by atoms with Crippen LogP contribution in [0.15, 0.2) is 11.1 Å². The number of nitrogens with two attached hydrogens (primary N) is 1. The summed E-state index contributed by atoms with van der Waals surface area (Å²) in [6.45, 7) is 0.166. The number of anilines is 2.